The van der Waals surface area contributed by atoms with E-state index in [0.29, 0.717) is 5.39 Å². The minimum Gasteiger partial charge on any atom is -0.232 e. The fourth-order valence-corrected chi connectivity index (χ4v) is 1.52. The molecule has 0 amide bonds. The van der Waals surface area contributed by atoms with Crippen LogP contribution in [0.2, 0.25) is 0 Å². The Bertz CT molecular complexity index is 510. The molecule has 2 rings (SSSR count). The van der Waals surface area contributed by atoms with Gasteiger partial charge in [-0.15, -0.1) is 0 Å². The van der Waals surface area contributed by atoms with Gasteiger partial charge < -0.3 is 0 Å². The van der Waals surface area contributed by atoms with Gasteiger partial charge in [0.2, 0.25) is 5.82 Å². The SMILES string of the molecule is FC(F)(F)c1ncc2cc(Br)ccc2n1. The van der Waals surface area contributed by atoms with Crippen molar-refractivity contribution in [3.05, 3.63) is 34.7 Å². The monoisotopic (exact) mass is 276 g/mol. The maximum absolute atomic E-state index is 12.3. The molecule has 0 N–H and O–H groups in total. The van der Waals surface area contributed by atoms with Gasteiger partial charge in [-0.25, -0.2) is 9.97 Å². The predicted octanol–water partition coefficient (Wildman–Crippen LogP) is 3.41. The lowest BCUT2D eigenvalue weighted by Crippen LogP contribution is -2.10. The third kappa shape index (κ3) is 2.09. The van der Waals surface area contributed by atoms with Crippen molar-refractivity contribution < 1.29 is 13.2 Å². The second kappa shape index (κ2) is 3.44. The summed E-state index contributed by atoms with van der Waals surface area (Å²) in [4.78, 5) is 6.69. The summed E-state index contributed by atoms with van der Waals surface area (Å²) in [7, 11) is 0. The van der Waals surface area contributed by atoms with E-state index in [2.05, 4.69) is 25.9 Å². The molecule has 0 spiro atoms. The number of fused-ring (bicyclic) bond motifs is 1. The topological polar surface area (TPSA) is 25.8 Å². The standard InChI is InChI=1S/C9H4BrF3N2/c10-6-1-2-7-5(3-6)4-14-8(15-7)9(11,12)13/h1-4H. The number of alkyl halides is 3. The van der Waals surface area contributed by atoms with Crippen molar-refractivity contribution in [3.8, 4) is 0 Å². The van der Waals surface area contributed by atoms with Crippen LogP contribution in [0.1, 0.15) is 5.82 Å². The van der Waals surface area contributed by atoms with E-state index < -0.39 is 12.0 Å². The maximum atomic E-state index is 12.3. The van der Waals surface area contributed by atoms with Crippen molar-refractivity contribution >= 4 is 26.8 Å². The highest BCUT2D eigenvalue weighted by Crippen LogP contribution is 2.27. The summed E-state index contributed by atoms with van der Waals surface area (Å²) in [6.45, 7) is 0. The first-order valence-electron chi connectivity index (χ1n) is 3.96. The zero-order chi connectivity index (χ0) is 11.1. The van der Waals surface area contributed by atoms with Crippen molar-refractivity contribution in [2.45, 2.75) is 6.18 Å². The first kappa shape index (κ1) is 10.4. The van der Waals surface area contributed by atoms with Crippen LogP contribution in [-0.4, -0.2) is 9.97 Å². The Morgan fingerprint density at radius 3 is 2.60 bits per heavy atom. The highest BCUT2D eigenvalue weighted by molar-refractivity contribution is 9.10. The molecular weight excluding hydrogens is 273 g/mol. The van der Waals surface area contributed by atoms with Crippen molar-refractivity contribution in [2.24, 2.45) is 0 Å². The molecule has 78 valence electrons. The molecule has 0 bridgehead atoms. The number of hydrogen-bond acceptors (Lipinski definition) is 2. The molecule has 0 fully saturated rings. The molecule has 0 aliphatic rings. The summed E-state index contributed by atoms with van der Waals surface area (Å²) in [6, 6.07) is 4.81. The van der Waals surface area contributed by atoms with E-state index in [4.69, 9.17) is 0 Å². The summed E-state index contributed by atoms with van der Waals surface area (Å²) in [5.41, 5.74) is 0.278. The Kier molecular flexibility index (Phi) is 2.38. The van der Waals surface area contributed by atoms with Crippen LogP contribution in [0, 0.1) is 0 Å². The van der Waals surface area contributed by atoms with Gasteiger partial charge in [0.05, 0.1) is 5.52 Å². The average Bonchev–Trinajstić information content (AvgIpc) is 2.15. The molecule has 1 heterocycles. The molecule has 2 nitrogen and oxygen atoms in total. The van der Waals surface area contributed by atoms with Crippen LogP contribution >= 0.6 is 15.9 Å². The van der Waals surface area contributed by atoms with E-state index in [1.807, 2.05) is 0 Å². The molecule has 0 saturated carbocycles. The Labute approximate surface area is 91.3 Å². The summed E-state index contributed by atoms with van der Waals surface area (Å²) in [5, 5.41) is 0.567. The second-order valence-corrected chi connectivity index (χ2v) is 3.81. The van der Waals surface area contributed by atoms with E-state index in [9.17, 15) is 13.2 Å². The van der Waals surface area contributed by atoms with E-state index in [-0.39, 0.29) is 5.52 Å². The van der Waals surface area contributed by atoms with Crippen molar-refractivity contribution in [3.63, 3.8) is 0 Å². The lowest BCUT2D eigenvalue weighted by Gasteiger charge is -2.05. The summed E-state index contributed by atoms with van der Waals surface area (Å²) < 4.78 is 37.6. The smallest absolute Gasteiger partial charge is 0.232 e. The zero-order valence-corrected chi connectivity index (χ0v) is 8.80. The van der Waals surface area contributed by atoms with E-state index >= 15 is 0 Å². The zero-order valence-electron chi connectivity index (χ0n) is 7.22. The van der Waals surface area contributed by atoms with Crippen molar-refractivity contribution in [1.82, 2.24) is 9.97 Å². The number of rotatable bonds is 0. The van der Waals surface area contributed by atoms with Gasteiger partial charge in [-0.2, -0.15) is 13.2 Å². The molecule has 1 aromatic heterocycles. The molecule has 15 heavy (non-hydrogen) atoms. The molecule has 0 unspecified atom stereocenters. The molecule has 0 saturated heterocycles. The summed E-state index contributed by atoms with van der Waals surface area (Å²) in [5.74, 6) is -1.11. The van der Waals surface area contributed by atoms with Crippen molar-refractivity contribution in [2.75, 3.05) is 0 Å². The van der Waals surface area contributed by atoms with Crippen LogP contribution in [0.4, 0.5) is 13.2 Å². The molecular formula is C9H4BrF3N2. The maximum Gasteiger partial charge on any atom is 0.451 e. The molecule has 0 radical (unpaired) electrons. The lowest BCUT2D eigenvalue weighted by atomic mass is 10.2. The van der Waals surface area contributed by atoms with Gasteiger partial charge in [0.15, 0.2) is 0 Å². The van der Waals surface area contributed by atoms with Gasteiger partial charge in [0.25, 0.3) is 0 Å². The van der Waals surface area contributed by atoms with E-state index in [0.717, 1.165) is 10.7 Å². The lowest BCUT2D eigenvalue weighted by molar-refractivity contribution is -0.144. The molecule has 6 heteroatoms. The molecule has 0 atom stereocenters. The third-order valence-corrected chi connectivity index (χ3v) is 2.29. The Morgan fingerprint density at radius 2 is 1.93 bits per heavy atom. The van der Waals surface area contributed by atoms with Crippen LogP contribution in [0.15, 0.2) is 28.9 Å². The van der Waals surface area contributed by atoms with Gasteiger partial charge in [-0.1, -0.05) is 15.9 Å². The Balaban J connectivity index is 2.62. The number of aromatic nitrogens is 2. The third-order valence-electron chi connectivity index (χ3n) is 1.80. The summed E-state index contributed by atoms with van der Waals surface area (Å²) in [6.07, 6.45) is -3.34. The molecule has 1 aromatic carbocycles. The number of hydrogen-bond donors (Lipinski definition) is 0. The fraction of sp³-hybridized carbons (Fsp3) is 0.111. The van der Waals surface area contributed by atoms with Gasteiger partial charge in [-0.3, -0.25) is 0 Å². The van der Waals surface area contributed by atoms with Crippen molar-refractivity contribution in [1.29, 1.82) is 0 Å². The first-order valence-corrected chi connectivity index (χ1v) is 4.75. The molecule has 2 aromatic rings. The first-order chi connectivity index (χ1) is 6.97. The normalized spacial score (nSPS) is 12.0. The van der Waals surface area contributed by atoms with Gasteiger partial charge >= 0.3 is 6.18 Å². The number of nitrogens with zero attached hydrogens (tertiary/aromatic N) is 2. The number of benzene rings is 1. The van der Waals surface area contributed by atoms with Crippen LogP contribution in [0.5, 0.6) is 0 Å². The predicted molar refractivity (Wildman–Crippen MR) is 52.2 cm³/mol. The number of halogens is 4. The Morgan fingerprint density at radius 1 is 1.20 bits per heavy atom. The quantitative estimate of drug-likeness (QED) is 0.737. The van der Waals surface area contributed by atoms with Crippen LogP contribution in [-0.2, 0) is 6.18 Å². The van der Waals surface area contributed by atoms with Crippen LogP contribution in [0.25, 0.3) is 10.9 Å². The fourth-order valence-electron chi connectivity index (χ4n) is 1.14. The second-order valence-electron chi connectivity index (χ2n) is 2.89. The van der Waals surface area contributed by atoms with E-state index in [1.165, 1.54) is 6.07 Å². The van der Waals surface area contributed by atoms with Crippen LogP contribution < -0.4 is 0 Å². The van der Waals surface area contributed by atoms with Gasteiger partial charge in [-0.05, 0) is 18.2 Å². The van der Waals surface area contributed by atoms with Gasteiger partial charge in [0, 0.05) is 16.1 Å². The largest absolute Gasteiger partial charge is 0.451 e. The van der Waals surface area contributed by atoms with Gasteiger partial charge in [0.1, 0.15) is 0 Å². The Hall–Kier alpha value is -1.17. The summed E-state index contributed by atoms with van der Waals surface area (Å²) >= 11 is 3.21. The molecule has 0 aliphatic heterocycles. The highest BCUT2D eigenvalue weighted by atomic mass is 79.9. The average molecular weight is 277 g/mol. The molecule has 0 aliphatic carbocycles. The minimum atomic E-state index is -4.50. The highest BCUT2D eigenvalue weighted by Gasteiger charge is 2.34. The minimum absolute atomic E-state index is 0.278. The van der Waals surface area contributed by atoms with E-state index in [1.54, 1.807) is 12.1 Å². The van der Waals surface area contributed by atoms with Crippen LogP contribution in [0.3, 0.4) is 0 Å².